The molecule has 2 fully saturated rings. The monoisotopic (exact) mass is 579 g/mol. The first kappa shape index (κ1) is 33.9. The molecule has 234 valence electrons. The lowest BCUT2D eigenvalue weighted by molar-refractivity contribution is -0.330. The number of aliphatic hydroxyl groups excluding tert-OH is 5. The molecule has 9 heteroatoms. The highest BCUT2D eigenvalue weighted by Crippen LogP contribution is 2.44. The minimum atomic E-state index is -1.20. The molecular weight excluding hydrogens is 526 g/mol. The number of rotatable bonds is 17. The summed E-state index contributed by atoms with van der Waals surface area (Å²) in [5.41, 5.74) is 1.19. The summed E-state index contributed by atoms with van der Waals surface area (Å²) in [5, 5.41) is 54.9. The van der Waals surface area contributed by atoms with Crippen LogP contribution in [0.3, 0.4) is 0 Å². The molecule has 1 aromatic rings. The molecule has 1 aromatic carbocycles. The van der Waals surface area contributed by atoms with E-state index in [1.807, 2.05) is 25.1 Å². The smallest absolute Gasteiger partial charge is 0.219 e. The summed E-state index contributed by atoms with van der Waals surface area (Å²) < 4.78 is 12.4. The first-order valence-electron chi connectivity index (χ1n) is 15.6. The van der Waals surface area contributed by atoms with E-state index in [4.69, 9.17) is 9.47 Å². The Morgan fingerprint density at radius 1 is 1.05 bits per heavy atom. The van der Waals surface area contributed by atoms with Crippen LogP contribution in [-0.2, 0) is 20.7 Å². The lowest BCUT2D eigenvalue weighted by Gasteiger charge is -2.44. The van der Waals surface area contributed by atoms with Gasteiger partial charge in [-0.05, 0) is 69.8 Å². The Hall–Kier alpha value is -1.59. The summed E-state index contributed by atoms with van der Waals surface area (Å²) in [6.45, 7) is 3.84. The average Bonchev–Trinajstić information content (AvgIpc) is 3.23. The van der Waals surface area contributed by atoms with Crippen molar-refractivity contribution in [3.8, 4) is 0 Å². The van der Waals surface area contributed by atoms with Crippen LogP contribution in [0.15, 0.2) is 30.3 Å². The number of benzene rings is 1. The van der Waals surface area contributed by atoms with Gasteiger partial charge >= 0.3 is 0 Å². The largest absolute Gasteiger partial charge is 0.394 e. The zero-order valence-electron chi connectivity index (χ0n) is 24.9. The molecule has 2 aliphatic rings. The zero-order valence-corrected chi connectivity index (χ0v) is 24.9. The van der Waals surface area contributed by atoms with Crippen LogP contribution in [-0.4, -0.2) is 87.0 Å². The van der Waals surface area contributed by atoms with Gasteiger partial charge in [-0.2, -0.15) is 0 Å². The predicted molar refractivity (Wildman–Crippen MR) is 156 cm³/mol. The summed E-state index contributed by atoms with van der Waals surface area (Å²) in [6.07, 6.45) is 3.68. The van der Waals surface area contributed by atoms with Crippen molar-refractivity contribution in [2.45, 2.75) is 133 Å². The van der Waals surface area contributed by atoms with Gasteiger partial charge in [0.1, 0.15) is 12.2 Å². The first-order chi connectivity index (χ1) is 19.7. The van der Waals surface area contributed by atoms with Gasteiger partial charge in [0.05, 0.1) is 31.0 Å². The molecule has 9 nitrogen and oxygen atoms in total. The van der Waals surface area contributed by atoms with Crippen LogP contribution in [0.5, 0.6) is 0 Å². The second-order valence-electron chi connectivity index (χ2n) is 12.2. The van der Waals surface area contributed by atoms with Crippen molar-refractivity contribution >= 4 is 5.91 Å². The Morgan fingerprint density at radius 3 is 2.49 bits per heavy atom. The molecule has 6 N–H and O–H groups in total. The standard InChI is InChI=1S/C32H53NO8/c1-3-33-30(38)14-10-5-4-9-13-25-24(18-17-23(35)16-15-22-11-7-6-8-12-22)26(36)19-28(25)40-32(2)20-27(37)31(39)29(21-34)41-32/h6-8,11-12,23-29,31,34-37,39H,3-5,9-10,13-21H2,1-2H3,(H,33,38)/t23-,24+,25+,26+,27-,28-,29?,31-,32-/m0/s1. The summed E-state index contributed by atoms with van der Waals surface area (Å²) >= 11 is 0. The van der Waals surface area contributed by atoms with E-state index in [1.165, 1.54) is 5.56 Å². The average molecular weight is 580 g/mol. The van der Waals surface area contributed by atoms with Crippen LogP contribution in [0.1, 0.15) is 90.0 Å². The van der Waals surface area contributed by atoms with Crippen molar-refractivity contribution in [1.82, 2.24) is 5.32 Å². The zero-order chi connectivity index (χ0) is 29.8. The van der Waals surface area contributed by atoms with Gasteiger partial charge in [-0.3, -0.25) is 4.79 Å². The van der Waals surface area contributed by atoms with Crippen LogP contribution in [0.25, 0.3) is 0 Å². The quantitative estimate of drug-likeness (QED) is 0.154. The Labute approximate surface area is 245 Å². The van der Waals surface area contributed by atoms with Crippen LogP contribution < -0.4 is 5.32 Å². The minimum Gasteiger partial charge on any atom is -0.394 e. The molecule has 1 heterocycles. The topological polar surface area (TPSA) is 149 Å². The number of unbranched alkanes of at least 4 members (excludes halogenated alkanes) is 3. The van der Waals surface area contributed by atoms with E-state index < -0.39 is 42.9 Å². The number of ether oxygens (including phenoxy) is 2. The van der Waals surface area contributed by atoms with Crippen molar-refractivity contribution < 1.29 is 39.8 Å². The van der Waals surface area contributed by atoms with Gasteiger partial charge in [-0.1, -0.05) is 49.6 Å². The van der Waals surface area contributed by atoms with Gasteiger partial charge in [0.2, 0.25) is 5.91 Å². The Bertz CT molecular complexity index is 888. The number of nitrogens with one attached hydrogen (secondary N) is 1. The lowest BCUT2D eigenvalue weighted by atomic mass is 9.84. The highest BCUT2D eigenvalue weighted by molar-refractivity contribution is 5.75. The van der Waals surface area contributed by atoms with Gasteiger partial charge in [0.15, 0.2) is 5.79 Å². The van der Waals surface area contributed by atoms with E-state index in [-0.39, 0.29) is 30.3 Å². The fourth-order valence-corrected chi connectivity index (χ4v) is 6.63. The number of hydrogen-bond donors (Lipinski definition) is 6. The van der Waals surface area contributed by atoms with Crippen molar-refractivity contribution in [3.63, 3.8) is 0 Å². The maximum absolute atomic E-state index is 11.7. The number of amides is 1. The molecular formula is C32H53NO8. The molecule has 41 heavy (non-hydrogen) atoms. The van der Waals surface area contributed by atoms with Gasteiger partial charge in [-0.15, -0.1) is 0 Å². The van der Waals surface area contributed by atoms with Gasteiger partial charge in [0.25, 0.3) is 0 Å². The molecule has 1 unspecified atom stereocenters. The summed E-state index contributed by atoms with van der Waals surface area (Å²) in [5.74, 6) is -1.13. The third-order valence-corrected chi connectivity index (χ3v) is 8.84. The number of carbonyl (C=O) groups excluding carboxylic acids is 1. The van der Waals surface area contributed by atoms with Crippen molar-refractivity contribution in [3.05, 3.63) is 35.9 Å². The number of aryl methyl sites for hydroxylation is 1. The normalized spacial score (nSPS) is 32.6. The minimum absolute atomic E-state index is 0.0340. The molecule has 0 bridgehead atoms. The van der Waals surface area contributed by atoms with E-state index in [1.54, 1.807) is 6.92 Å². The molecule has 1 saturated carbocycles. The Morgan fingerprint density at radius 2 is 1.78 bits per heavy atom. The van der Waals surface area contributed by atoms with Crippen molar-refractivity contribution in [2.24, 2.45) is 11.8 Å². The van der Waals surface area contributed by atoms with E-state index in [0.717, 1.165) is 38.5 Å². The first-order valence-corrected chi connectivity index (χ1v) is 15.6. The molecule has 1 amide bonds. The highest BCUT2D eigenvalue weighted by atomic mass is 16.7. The third kappa shape index (κ3) is 10.6. The van der Waals surface area contributed by atoms with Gasteiger partial charge in [-0.25, -0.2) is 0 Å². The van der Waals surface area contributed by atoms with Crippen LogP contribution in [0.2, 0.25) is 0 Å². The van der Waals surface area contributed by atoms with Gasteiger partial charge < -0.3 is 40.3 Å². The second-order valence-corrected chi connectivity index (χ2v) is 12.2. The highest BCUT2D eigenvalue weighted by Gasteiger charge is 2.49. The molecule has 1 saturated heterocycles. The Kier molecular flexibility index (Phi) is 14.0. The number of aliphatic hydroxyl groups is 5. The molecule has 0 spiro atoms. The van der Waals surface area contributed by atoms with Crippen LogP contribution >= 0.6 is 0 Å². The van der Waals surface area contributed by atoms with Crippen molar-refractivity contribution in [2.75, 3.05) is 13.2 Å². The maximum Gasteiger partial charge on any atom is 0.219 e. The summed E-state index contributed by atoms with van der Waals surface area (Å²) in [6, 6.07) is 10.1. The number of carbonyl (C=O) groups is 1. The fraction of sp³-hybridized carbons (Fsp3) is 0.781. The molecule has 1 aliphatic heterocycles. The van der Waals surface area contributed by atoms with E-state index >= 15 is 0 Å². The van der Waals surface area contributed by atoms with E-state index in [0.29, 0.717) is 38.6 Å². The summed E-state index contributed by atoms with van der Waals surface area (Å²) in [4.78, 5) is 11.7. The fourth-order valence-electron chi connectivity index (χ4n) is 6.63. The molecule has 0 aromatic heterocycles. The number of hydrogen-bond acceptors (Lipinski definition) is 8. The Balaban J connectivity index is 1.59. The molecule has 0 radical (unpaired) electrons. The van der Waals surface area contributed by atoms with Crippen LogP contribution in [0.4, 0.5) is 0 Å². The maximum atomic E-state index is 11.7. The SMILES string of the molecule is CCNC(=O)CCCCCC[C@@H]1[C@@H](CC[C@@H](O)CCc2ccccc2)[C@H](O)C[C@@H]1O[C@]1(C)C[C@H](O)[C@H](O)C(CO)O1. The lowest BCUT2D eigenvalue weighted by Crippen LogP contribution is -2.56. The van der Waals surface area contributed by atoms with E-state index in [2.05, 4.69) is 17.4 Å². The molecule has 1 aliphatic carbocycles. The predicted octanol–water partition coefficient (Wildman–Crippen LogP) is 2.84. The summed E-state index contributed by atoms with van der Waals surface area (Å²) in [7, 11) is 0. The van der Waals surface area contributed by atoms with Crippen LogP contribution in [0, 0.1) is 11.8 Å². The van der Waals surface area contributed by atoms with Gasteiger partial charge in [0, 0.05) is 25.8 Å². The second kappa shape index (κ2) is 16.9. The molecule has 9 atom stereocenters. The van der Waals surface area contributed by atoms with Crippen molar-refractivity contribution in [1.29, 1.82) is 0 Å². The third-order valence-electron chi connectivity index (χ3n) is 8.84. The van der Waals surface area contributed by atoms with E-state index in [9.17, 15) is 30.3 Å². The molecule has 3 rings (SSSR count).